The predicted octanol–water partition coefficient (Wildman–Crippen LogP) is 0.283. The van der Waals surface area contributed by atoms with Crippen molar-refractivity contribution in [3.63, 3.8) is 0 Å². The fourth-order valence-corrected chi connectivity index (χ4v) is 1.56. The fraction of sp³-hybridized carbons (Fsp3) is 0.667. The van der Waals surface area contributed by atoms with Crippen LogP contribution in [0.4, 0.5) is 0 Å². The van der Waals surface area contributed by atoms with Crippen LogP contribution in [0.5, 0.6) is 0 Å². The Kier molecular flexibility index (Phi) is 3.62. The first kappa shape index (κ1) is 11.2. The van der Waals surface area contributed by atoms with Crippen molar-refractivity contribution >= 4 is 5.97 Å². The lowest BCUT2D eigenvalue weighted by Crippen LogP contribution is -2.43. The molecule has 1 atom stereocenters. The summed E-state index contributed by atoms with van der Waals surface area (Å²) in [6.45, 7) is 3.36. The molecule has 0 aromatic heterocycles. The lowest BCUT2D eigenvalue weighted by molar-refractivity contribution is -0.863. The molecule has 0 amide bonds. The first-order valence-corrected chi connectivity index (χ1v) is 4.77. The van der Waals surface area contributed by atoms with Gasteiger partial charge in [-0.2, -0.15) is 0 Å². The SMILES string of the molecule is CCC=C(C[N+]1([O-])CCNC1)C(=O)O. The third-order valence-electron chi connectivity index (χ3n) is 2.28. The molecule has 1 aliphatic rings. The minimum Gasteiger partial charge on any atom is -0.632 e. The Labute approximate surface area is 83.2 Å². The van der Waals surface area contributed by atoms with Crippen LogP contribution < -0.4 is 5.32 Å². The third kappa shape index (κ3) is 2.80. The quantitative estimate of drug-likeness (QED) is 0.388. The van der Waals surface area contributed by atoms with Crippen molar-refractivity contribution in [2.24, 2.45) is 0 Å². The van der Waals surface area contributed by atoms with Crippen molar-refractivity contribution in [3.8, 4) is 0 Å². The summed E-state index contributed by atoms with van der Waals surface area (Å²) in [5.74, 6) is -0.980. The van der Waals surface area contributed by atoms with Crippen LogP contribution in [0, 0.1) is 5.21 Å². The first-order valence-electron chi connectivity index (χ1n) is 4.77. The van der Waals surface area contributed by atoms with Crippen LogP contribution >= 0.6 is 0 Å². The summed E-state index contributed by atoms with van der Waals surface area (Å²) in [7, 11) is 0. The standard InChI is InChI=1S/C9H16N2O3/c1-2-3-8(9(12)13)6-11(14)5-4-10-7-11/h3,10H,2,4-7H2,1H3,(H,12,13). The number of hydrogen-bond donors (Lipinski definition) is 2. The highest BCUT2D eigenvalue weighted by Gasteiger charge is 2.25. The molecule has 0 aliphatic carbocycles. The van der Waals surface area contributed by atoms with Crippen molar-refractivity contribution in [1.29, 1.82) is 0 Å². The normalized spacial score (nSPS) is 28.0. The number of carboxylic acids is 1. The molecule has 0 radical (unpaired) electrons. The minimum absolute atomic E-state index is 0.0656. The van der Waals surface area contributed by atoms with Gasteiger partial charge < -0.3 is 15.0 Å². The van der Waals surface area contributed by atoms with Crippen molar-refractivity contribution in [2.45, 2.75) is 13.3 Å². The summed E-state index contributed by atoms with van der Waals surface area (Å²) in [5, 5.41) is 23.6. The van der Waals surface area contributed by atoms with Crippen molar-refractivity contribution in [2.75, 3.05) is 26.3 Å². The van der Waals surface area contributed by atoms with E-state index < -0.39 is 10.6 Å². The molecule has 1 saturated heterocycles. The Balaban J connectivity index is 2.63. The van der Waals surface area contributed by atoms with Gasteiger partial charge in [-0.3, -0.25) is 5.32 Å². The zero-order chi connectivity index (χ0) is 10.6. The Bertz CT molecular complexity index is 244. The molecule has 1 fully saturated rings. The fourth-order valence-electron chi connectivity index (χ4n) is 1.56. The van der Waals surface area contributed by atoms with Crippen LogP contribution in [0.15, 0.2) is 11.6 Å². The molecule has 0 aromatic rings. The molecule has 1 aliphatic heterocycles. The Morgan fingerprint density at radius 2 is 2.43 bits per heavy atom. The maximum Gasteiger partial charge on any atom is 0.336 e. The lowest BCUT2D eigenvalue weighted by Gasteiger charge is -2.37. The van der Waals surface area contributed by atoms with Gasteiger partial charge in [-0.25, -0.2) is 4.79 Å². The number of hydrogen-bond acceptors (Lipinski definition) is 3. The first-order chi connectivity index (χ1) is 6.57. The zero-order valence-corrected chi connectivity index (χ0v) is 8.32. The van der Waals surface area contributed by atoms with E-state index in [0.29, 0.717) is 26.2 Å². The van der Waals surface area contributed by atoms with Crippen LogP contribution in [0.1, 0.15) is 13.3 Å². The predicted molar refractivity (Wildman–Crippen MR) is 52.2 cm³/mol. The summed E-state index contributed by atoms with van der Waals surface area (Å²) in [4.78, 5) is 10.8. The van der Waals surface area contributed by atoms with Gasteiger partial charge in [0.25, 0.3) is 0 Å². The smallest absolute Gasteiger partial charge is 0.336 e. The van der Waals surface area contributed by atoms with Gasteiger partial charge in [0.15, 0.2) is 0 Å². The number of carbonyl (C=O) groups is 1. The highest BCUT2D eigenvalue weighted by atomic mass is 16.5. The van der Waals surface area contributed by atoms with Gasteiger partial charge in [-0.05, 0) is 6.42 Å². The molecule has 0 bridgehead atoms. The van der Waals surface area contributed by atoms with E-state index in [2.05, 4.69) is 5.32 Å². The van der Waals surface area contributed by atoms with E-state index in [1.807, 2.05) is 6.92 Å². The maximum atomic E-state index is 11.9. The zero-order valence-electron chi connectivity index (χ0n) is 8.32. The minimum atomic E-state index is -0.980. The van der Waals surface area contributed by atoms with Crippen LogP contribution in [-0.2, 0) is 4.79 Å². The second-order valence-electron chi connectivity index (χ2n) is 3.54. The number of nitrogens with one attached hydrogen (secondary N) is 1. The van der Waals surface area contributed by atoms with E-state index >= 15 is 0 Å². The van der Waals surface area contributed by atoms with E-state index in [-0.39, 0.29) is 12.1 Å². The average Bonchev–Trinajstić information content (AvgIpc) is 2.51. The molecule has 5 heteroatoms. The summed E-state index contributed by atoms with van der Waals surface area (Å²) >= 11 is 0. The van der Waals surface area contributed by atoms with Gasteiger partial charge in [0.05, 0.1) is 18.7 Å². The highest BCUT2D eigenvalue weighted by Crippen LogP contribution is 2.12. The van der Waals surface area contributed by atoms with Gasteiger partial charge in [0.1, 0.15) is 13.2 Å². The molecular weight excluding hydrogens is 184 g/mol. The van der Waals surface area contributed by atoms with E-state index in [4.69, 9.17) is 5.11 Å². The van der Waals surface area contributed by atoms with Crippen molar-refractivity contribution in [3.05, 3.63) is 16.9 Å². The third-order valence-corrected chi connectivity index (χ3v) is 2.28. The molecule has 80 valence electrons. The van der Waals surface area contributed by atoms with E-state index in [9.17, 15) is 10.0 Å². The molecular formula is C9H16N2O3. The largest absolute Gasteiger partial charge is 0.632 e. The Morgan fingerprint density at radius 3 is 2.86 bits per heavy atom. The second-order valence-corrected chi connectivity index (χ2v) is 3.54. The molecule has 1 heterocycles. The van der Waals surface area contributed by atoms with Crippen LogP contribution in [0.25, 0.3) is 0 Å². The van der Waals surface area contributed by atoms with E-state index in [0.717, 1.165) is 0 Å². The number of rotatable bonds is 4. The average molecular weight is 200 g/mol. The number of quaternary nitrogens is 1. The van der Waals surface area contributed by atoms with Crippen LogP contribution in [-0.4, -0.2) is 42.0 Å². The van der Waals surface area contributed by atoms with Crippen molar-refractivity contribution in [1.82, 2.24) is 5.32 Å². The molecule has 1 unspecified atom stereocenters. The van der Waals surface area contributed by atoms with Crippen LogP contribution in [0.3, 0.4) is 0 Å². The molecule has 14 heavy (non-hydrogen) atoms. The summed E-state index contributed by atoms with van der Waals surface area (Å²) in [6.07, 6.45) is 2.26. The maximum absolute atomic E-state index is 11.9. The molecule has 0 saturated carbocycles. The van der Waals surface area contributed by atoms with Crippen LogP contribution in [0.2, 0.25) is 0 Å². The van der Waals surface area contributed by atoms with E-state index in [1.54, 1.807) is 6.08 Å². The molecule has 0 aromatic carbocycles. The summed E-state index contributed by atoms with van der Waals surface area (Å²) in [5.41, 5.74) is 0.228. The number of aliphatic carboxylic acids is 1. The monoisotopic (exact) mass is 200 g/mol. The molecule has 5 nitrogen and oxygen atoms in total. The number of nitrogens with zero attached hydrogens (tertiary/aromatic N) is 1. The Morgan fingerprint density at radius 1 is 1.71 bits per heavy atom. The topological polar surface area (TPSA) is 72.4 Å². The lowest BCUT2D eigenvalue weighted by atomic mass is 10.2. The van der Waals surface area contributed by atoms with Gasteiger partial charge in [-0.15, -0.1) is 0 Å². The van der Waals surface area contributed by atoms with Crippen molar-refractivity contribution < 1.29 is 14.5 Å². The number of hydroxylamine groups is 3. The van der Waals surface area contributed by atoms with E-state index in [1.165, 1.54) is 0 Å². The number of allylic oxidation sites excluding steroid dienone is 1. The van der Waals surface area contributed by atoms with Gasteiger partial charge >= 0.3 is 5.97 Å². The Hall–Kier alpha value is -0.910. The van der Waals surface area contributed by atoms with Gasteiger partial charge in [0.2, 0.25) is 0 Å². The highest BCUT2D eigenvalue weighted by molar-refractivity contribution is 5.86. The van der Waals surface area contributed by atoms with Gasteiger partial charge in [-0.1, -0.05) is 13.0 Å². The summed E-state index contributed by atoms with van der Waals surface area (Å²) < 4.78 is -0.460. The second kappa shape index (κ2) is 4.54. The van der Waals surface area contributed by atoms with Gasteiger partial charge in [0, 0.05) is 0 Å². The molecule has 1 rings (SSSR count). The number of carboxylic acid groups (broad SMARTS) is 1. The molecule has 0 spiro atoms. The molecule has 2 N–H and O–H groups in total. The summed E-state index contributed by atoms with van der Waals surface area (Å²) in [6, 6.07) is 0.